The van der Waals surface area contributed by atoms with Crippen LogP contribution in [0.25, 0.3) is 0 Å². The number of benzene rings is 1. The van der Waals surface area contributed by atoms with Crippen molar-refractivity contribution in [2.75, 3.05) is 25.0 Å². The third kappa shape index (κ3) is 3.23. The molecule has 2 amide bonds. The van der Waals surface area contributed by atoms with Gasteiger partial charge in [-0.2, -0.15) is 0 Å². The van der Waals surface area contributed by atoms with Gasteiger partial charge in [-0.15, -0.1) is 0 Å². The Hall–Kier alpha value is -2.08. The molecule has 1 aromatic carbocycles. The number of amides is 2. The van der Waals surface area contributed by atoms with Crippen LogP contribution in [-0.2, 0) is 4.74 Å². The number of nitrogens with zero attached hydrogens (tertiary/aromatic N) is 1. The molecule has 2 N–H and O–H groups in total. The normalized spacial score (nSPS) is 19.0. The number of nitrogens with one attached hydrogen (secondary N) is 1. The van der Waals surface area contributed by atoms with Crippen molar-refractivity contribution in [2.45, 2.75) is 13.0 Å². The molecule has 19 heavy (non-hydrogen) atoms. The van der Waals surface area contributed by atoms with Crippen LogP contribution in [-0.4, -0.2) is 47.8 Å². The van der Waals surface area contributed by atoms with Gasteiger partial charge in [-0.05, 0) is 19.1 Å². The highest BCUT2D eigenvalue weighted by molar-refractivity contribution is 5.99. The Labute approximate surface area is 111 Å². The maximum Gasteiger partial charge on any atom is 0.337 e. The number of anilines is 1. The van der Waals surface area contributed by atoms with E-state index in [-0.39, 0.29) is 17.7 Å². The molecule has 6 nitrogen and oxygen atoms in total. The summed E-state index contributed by atoms with van der Waals surface area (Å²) in [4.78, 5) is 24.7. The van der Waals surface area contributed by atoms with E-state index in [0.717, 1.165) is 0 Å². The standard InChI is InChI=1S/C13H16N2O4/c1-9-8-15(6-7-19-9)13(18)14-11-5-3-2-4-10(11)12(16)17/h2-5,9H,6-8H2,1H3,(H,14,18)(H,16,17). The van der Waals surface area contributed by atoms with Crippen molar-refractivity contribution in [3.05, 3.63) is 29.8 Å². The van der Waals surface area contributed by atoms with Crippen molar-refractivity contribution >= 4 is 17.7 Å². The fraction of sp³-hybridized carbons (Fsp3) is 0.385. The number of carbonyl (C=O) groups excluding carboxylic acids is 1. The van der Waals surface area contributed by atoms with Crippen molar-refractivity contribution in [1.29, 1.82) is 0 Å². The fourth-order valence-electron chi connectivity index (χ4n) is 1.98. The van der Waals surface area contributed by atoms with E-state index in [1.807, 2.05) is 6.92 Å². The number of carboxylic acid groups (broad SMARTS) is 1. The average molecular weight is 264 g/mol. The number of ether oxygens (including phenoxy) is 1. The smallest absolute Gasteiger partial charge is 0.337 e. The molecule has 1 aromatic rings. The van der Waals surface area contributed by atoms with Gasteiger partial charge in [0.15, 0.2) is 0 Å². The van der Waals surface area contributed by atoms with Gasteiger partial charge in [0, 0.05) is 13.1 Å². The molecule has 2 rings (SSSR count). The molecule has 1 atom stereocenters. The van der Waals surface area contributed by atoms with Crippen LogP contribution >= 0.6 is 0 Å². The largest absolute Gasteiger partial charge is 0.478 e. The minimum absolute atomic E-state index is 0.00535. The first-order chi connectivity index (χ1) is 9.08. The number of carbonyl (C=O) groups is 2. The third-order valence-electron chi connectivity index (χ3n) is 2.93. The highest BCUT2D eigenvalue weighted by Crippen LogP contribution is 2.16. The molecule has 1 unspecified atom stereocenters. The van der Waals surface area contributed by atoms with Gasteiger partial charge in [0.1, 0.15) is 0 Å². The van der Waals surface area contributed by atoms with E-state index < -0.39 is 5.97 Å². The number of morpholine rings is 1. The summed E-state index contributed by atoms with van der Waals surface area (Å²) in [6.45, 7) is 3.40. The Bertz CT molecular complexity index is 489. The maximum absolute atomic E-state index is 12.1. The van der Waals surface area contributed by atoms with E-state index in [4.69, 9.17) is 9.84 Å². The van der Waals surface area contributed by atoms with Gasteiger partial charge >= 0.3 is 12.0 Å². The predicted octanol–water partition coefficient (Wildman–Crippen LogP) is 1.64. The molecule has 0 saturated carbocycles. The molecule has 0 spiro atoms. The Morgan fingerprint density at radius 1 is 1.42 bits per heavy atom. The molecule has 102 valence electrons. The molecule has 1 fully saturated rings. The lowest BCUT2D eigenvalue weighted by molar-refractivity contribution is -0.00139. The summed E-state index contributed by atoms with van der Waals surface area (Å²) in [6.07, 6.45) is -0.00535. The van der Waals surface area contributed by atoms with Crippen molar-refractivity contribution in [2.24, 2.45) is 0 Å². The molecule has 0 aliphatic carbocycles. The summed E-state index contributed by atoms with van der Waals surface area (Å²) in [5.41, 5.74) is 0.385. The van der Waals surface area contributed by atoms with Gasteiger partial charge in [-0.1, -0.05) is 12.1 Å². The number of para-hydroxylation sites is 1. The number of rotatable bonds is 2. The van der Waals surface area contributed by atoms with E-state index >= 15 is 0 Å². The second-order valence-corrected chi connectivity index (χ2v) is 4.41. The molecule has 1 aliphatic heterocycles. The van der Waals surface area contributed by atoms with E-state index in [2.05, 4.69) is 5.32 Å². The Morgan fingerprint density at radius 3 is 2.84 bits per heavy atom. The number of carboxylic acids is 1. The summed E-state index contributed by atoms with van der Waals surface area (Å²) >= 11 is 0. The van der Waals surface area contributed by atoms with Crippen molar-refractivity contribution in [3.63, 3.8) is 0 Å². The van der Waals surface area contributed by atoms with E-state index in [9.17, 15) is 9.59 Å². The summed E-state index contributed by atoms with van der Waals surface area (Å²) in [6, 6.07) is 6.04. The highest BCUT2D eigenvalue weighted by atomic mass is 16.5. The second kappa shape index (κ2) is 5.71. The summed E-state index contributed by atoms with van der Waals surface area (Å²) < 4.78 is 5.35. The highest BCUT2D eigenvalue weighted by Gasteiger charge is 2.22. The summed E-state index contributed by atoms with van der Waals surface area (Å²) in [5.74, 6) is -1.06. The van der Waals surface area contributed by atoms with Gasteiger partial charge in [0.25, 0.3) is 0 Å². The van der Waals surface area contributed by atoms with Gasteiger partial charge in [-0.3, -0.25) is 0 Å². The lowest BCUT2D eigenvalue weighted by Crippen LogP contribution is -2.46. The second-order valence-electron chi connectivity index (χ2n) is 4.41. The van der Waals surface area contributed by atoms with Crippen LogP contribution in [0.15, 0.2) is 24.3 Å². The number of hydrogen-bond acceptors (Lipinski definition) is 3. The van der Waals surface area contributed by atoms with Crippen molar-refractivity contribution in [3.8, 4) is 0 Å². The van der Waals surface area contributed by atoms with E-state index in [0.29, 0.717) is 25.4 Å². The molecule has 1 aliphatic rings. The van der Waals surface area contributed by atoms with Crippen LogP contribution < -0.4 is 5.32 Å². The third-order valence-corrected chi connectivity index (χ3v) is 2.93. The molecule has 0 bridgehead atoms. The van der Waals surface area contributed by atoms with E-state index in [1.165, 1.54) is 6.07 Å². The summed E-state index contributed by atoms with van der Waals surface area (Å²) in [5, 5.41) is 11.7. The first kappa shape index (κ1) is 13.4. The first-order valence-corrected chi connectivity index (χ1v) is 6.08. The SMILES string of the molecule is CC1CN(C(=O)Nc2ccccc2C(=O)O)CCO1. The molecular weight excluding hydrogens is 248 g/mol. The molecule has 1 saturated heterocycles. The van der Waals surface area contributed by atoms with Crippen LogP contribution in [0.2, 0.25) is 0 Å². The zero-order valence-corrected chi connectivity index (χ0v) is 10.6. The average Bonchev–Trinajstić information content (AvgIpc) is 2.39. The van der Waals surface area contributed by atoms with Crippen LogP contribution in [0.1, 0.15) is 17.3 Å². The van der Waals surface area contributed by atoms with Crippen molar-refractivity contribution < 1.29 is 19.4 Å². The number of hydrogen-bond donors (Lipinski definition) is 2. The van der Waals surface area contributed by atoms with Crippen LogP contribution in [0, 0.1) is 0 Å². The van der Waals surface area contributed by atoms with Gasteiger partial charge in [0.05, 0.1) is 24.0 Å². The molecule has 1 heterocycles. The lowest BCUT2D eigenvalue weighted by atomic mass is 10.2. The van der Waals surface area contributed by atoms with Crippen LogP contribution in [0.4, 0.5) is 10.5 Å². The minimum Gasteiger partial charge on any atom is -0.478 e. The Morgan fingerprint density at radius 2 is 2.16 bits per heavy atom. The summed E-state index contributed by atoms with van der Waals surface area (Å²) in [7, 11) is 0. The zero-order valence-electron chi connectivity index (χ0n) is 10.6. The molecule has 6 heteroatoms. The van der Waals surface area contributed by atoms with E-state index in [1.54, 1.807) is 23.1 Å². The quantitative estimate of drug-likeness (QED) is 0.851. The predicted molar refractivity (Wildman–Crippen MR) is 69.4 cm³/mol. The maximum atomic E-state index is 12.1. The van der Waals surface area contributed by atoms with Gasteiger partial charge < -0.3 is 20.1 Å². The topological polar surface area (TPSA) is 78.9 Å². The Kier molecular flexibility index (Phi) is 4.01. The lowest BCUT2D eigenvalue weighted by Gasteiger charge is -2.31. The monoisotopic (exact) mass is 264 g/mol. The van der Waals surface area contributed by atoms with Crippen LogP contribution in [0.3, 0.4) is 0 Å². The minimum atomic E-state index is -1.06. The van der Waals surface area contributed by atoms with Gasteiger partial charge in [0.2, 0.25) is 0 Å². The number of urea groups is 1. The van der Waals surface area contributed by atoms with Crippen molar-refractivity contribution in [1.82, 2.24) is 4.90 Å². The zero-order chi connectivity index (χ0) is 13.8. The Balaban J connectivity index is 2.08. The fourth-order valence-corrected chi connectivity index (χ4v) is 1.98. The van der Waals surface area contributed by atoms with Gasteiger partial charge in [-0.25, -0.2) is 9.59 Å². The number of aromatic carboxylic acids is 1. The molecule has 0 aromatic heterocycles. The molecular formula is C13H16N2O4. The molecule has 0 radical (unpaired) electrons. The first-order valence-electron chi connectivity index (χ1n) is 6.08. The van der Waals surface area contributed by atoms with Crippen LogP contribution in [0.5, 0.6) is 0 Å².